The van der Waals surface area contributed by atoms with Gasteiger partial charge in [0.1, 0.15) is 0 Å². The van der Waals surface area contributed by atoms with Crippen molar-refractivity contribution in [3.63, 3.8) is 0 Å². The second-order valence-electron chi connectivity index (χ2n) is 6.51. The highest BCUT2D eigenvalue weighted by Gasteiger charge is 2.36. The molecule has 0 radical (unpaired) electrons. The summed E-state index contributed by atoms with van der Waals surface area (Å²) in [6, 6.07) is 0. The zero-order valence-corrected chi connectivity index (χ0v) is 13.6. The molecule has 0 aliphatic heterocycles. The quantitative estimate of drug-likeness (QED) is 0.534. The first-order valence-corrected chi connectivity index (χ1v) is 8.40. The largest absolute Gasteiger partial charge is 0.401 e. The van der Waals surface area contributed by atoms with Crippen molar-refractivity contribution in [2.75, 3.05) is 32.7 Å². The van der Waals surface area contributed by atoms with Crippen LogP contribution in [0.3, 0.4) is 0 Å². The van der Waals surface area contributed by atoms with E-state index in [1.54, 1.807) is 4.90 Å². The lowest BCUT2D eigenvalue weighted by Gasteiger charge is -2.38. The Morgan fingerprint density at radius 2 is 1.67 bits per heavy atom. The number of alkyl halides is 3. The van der Waals surface area contributed by atoms with Gasteiger partial charge in [-0.3, -0.25) is 4.90 Å². The van der Waals surface area contributed by atoms with Gasteiger partial charge in [-0.05, 0) is 37.8 Å². The Bertz CT molecular complexity index is 271. The van der Waals surface area contributed by atoms with Crippen molar-refractivity contribution in [3.8, 4) is 0 Å². The number of halogens is 3. The highest BCUT2D eigenvalue weighted by atomic mass is 19.4. The molecule has 1 fully saturated rings. The highest BCUT2D eigenvalue weighted by Crippen LogP contribution is 2.36. The third kappa shape index (κ3) is 7.50. The lowest BCUT2D eigenvalue weighted by Crippen LogP contribution is -2.46. The highest BCUT2D eigenvalue weighted by molar-refractivity contribution is 4.87. The topological polar surface area (TPSA) is 15.3 Å². The molecule has 21 heavy (non-hydrogen) atoms. The Labute approximate surface area is 127 Å². The van der Waals surface area contributed by atoms with E-state index in [2.05, 4.69) is 12.2 Å². The minimum atomic E-state index is -4.10. The van der Waals surface area contributed by atoms with Crippen molar-refractivity contribution in [1.29, 1.82) is 0 Å². The second-order valence-corrected chi connectivity index (χ2v) is 6.51. The summed E-state index contributed by atoms with van der Waals surface area (Å²) in [4.78, 5) is 1.58. The van der Waals surface area contributed by atoms with Gasteiger partial charge < -0.3 is 5.32 Å². The molecule has 2 nitrogen and oxygen atoms in total. The normalized spacial score (nSPS) is 19.7. The molecule has 1 N–H and O–H groups in total. The van der Waals surface area contributed by atoms with E-state index in [4.69, 9.17) is 0 Å². The molecule has 0 aromatic rings. The summed E-state index contributed by atoms with van der Waals surface area (Å²) in [7, 11) is 0. The third-order valence-electron chi connectivity index (χ3n) is 4.50. The van der Waals surface area contributed by atoms with Gasteiger partial charge in [0.05, 0.1) is 6.54 Å². The summed E-state index contributed by atoms with van der Waals surface area (Å²) >= 11 is 0. The molecule has 0 unspecified atom stereocenters. The van der Waals surface area contributed by atoms with E-state index in [1.165, 1.54) is 12.8 Å². The van der Waals surface area contributed by atoms with Gasteiger partial charge in [-0.1, -0.05) is 39.5 Å². The zero-order chi connectivity index (χ0) is 15.8. The van der Waals surface area contributed by atoms with Crippen LogP contribution in [-0.2, 0) is 0 Å². The molecule has 0 atom stereocenters. The molecule has 0 spiro atoms. The predicted octanol–water partition coefficient (Wildman–Crippen LogP) is 4.21. The van der Waals surface area contributed by atoms with Gasteiger partial charge in [-0.15, -0.1) is 0 Å². The molecular formula is C16H31F3N2. The van der Waals surface area contributed by atoms with Gasteiger partial charge in [0.2, 0.25) is 0 Å². The zero-order valence-electron chi connectivity index (χ0n) is 13.6. The van der Waals surface area contributed by atoms with Crippen LogP contribution in [-0.4, -0.2) is 43.8 Å². The third-order valence-corrected chi connectivity index (χ3v) is 4.50. The minimum absolute atomic E-state index is 0.0208. The van der Waals surface area contributed by atoms with Crippen molar-refractivity contribution < 1.29 is 13.2 Å². The van der Waals surface area contributed by atoms with Gasteiger partial charge in [0.25, 0.3) is 0 Å². The Kier molecular flexibility index (Phi) is 8.03. The maximum atomic E-state index is 12.7. The van der Waals surface area contributed by atoms with Crippen molar-refractivity contribution in [3.05, 3.63) is 0 Å². The number of rotatable bonds is 8. The van der Waals surface area contributed by atoms with Crippen LogP contribution in [0.1, 0.15) is 58.8 Å². The van der Waals surface area contributed by atoms with Crippen LogP contribution in [0.25, 0.3) is 0 Å². The molecule has 0 bridgehead atoms. The average Bonchev–Trinajstić information content (AvgIpc) is 2.63. The minimum Gasteiger partial charge on any atom is -0.316 e. The van der Waals surface area contributed by atoms with Gasteiger partial charge >= 0.3 is 6.18 Å². The predicted molar refractivity (Wildman–Crippen MR) is 81.5 cm³/mol. The van der Waals surface area contributed by atoms with Gasteiger partial charge in [-0.2, -0.15) is 13.2 Å². The van der Waals surface area contributed by atoms with E-state index >= 15 is 0 Å². The van der Waals surface area contributed by atoms with E-state index in [9.17, 15) is 13.2 Å². The van der Waals surface area contributed by atoms with E-state index in [1.807, 2.05) is 6.92 Å². The molecule has 0 amide bonds. The second kappa shape index (κ2) is 8.99. The molecular weight excluding hydrogens is 277 g/mol. The molecule has 1 aliphatic carbocycles. The van der Waals surface area contributed by atoms with Crippen LogP contribution in [0.5, 0.6) is 0 Å². The maximum absolute atomic E-state index is 12.7. The Morgan fingerprint density at radius 3 is 2.14 bits per heavy atom. The van der Waals surface area contributed by atoms with E-state index in [0.717, 1.165) is 45.2 Å². The molecule has 5 heteroatoms. The summed E-state index contributed by atoms with van der Waals surface area (Å²) in [5, 5.41) is 3.46. The van der Waals surface area contributed by atoms with Crippen LogP contribution >= 0.6 is 0 Å². The number of hydrogen-bond acceptors (Lipinski definition) is 2. The van der Waals surface area contributed by atoms with Gasteiger partial charge in [0.15, 0.2) is 0 Å². The van der Waals surface area contributed by atoms with Crippen LogP contribution in [0.15, 0.2) is 0 Å². The lowest BCUT2D eigenvalue weighted by molar-refractivity contribution is -0.149. The van der Waals surface area contributed by atoms with Crippen molar-refractivity contribution >= 4 is 0 Å². The monoisotopic (exact) mass is 308 g/mol. The summed E-state index contributed by atoms with van der Waals surface area (Å²) in [6.07, 6.45) is 3.82. The summed E-state index contributed by atoms with van der Waals surface area (Å²) < 4.78 is 38.1. The fourth-order valence-corrected chi connectivity index (χ4v) is 3.41. The Morgan fingerprint density at radius 1 is 1.05 bits per heavy atom. The number of nitrogens with zero attached hydrogens (tertiary/aromatic N) is 1. The van der Waals surface area contributed by atoms with Crippen LogP contribution in [0, 0.1) is 5.41 Å². The van der Waals surface area contributed by atoms with Crippen LogP contribution in [0.4, 0.5) is 13.2 Å². The molecule has 0 heterocycles. The lowest BCUT2D eigenvalue weighted by atomic mass is 9.79. The van der Waals surface area contributed by atoms with E-state index in [0.29, 0.717) is 13.1 Å². The smallest absolute Gasteiger partial charge is 0.316 e. The van der Waals surface area contributed by atoms with Crippen LogP contribution in [0.2, 0.25) is 0 Å². The number of nitrogens with one attached hydrogen (secondary N) is 1. The first-order valence-electron chi connectivity index (χ1n) is 8.40. The standard InChI is InChI=1S/C16H31F3N2/c1-3-11-20-12-15(9-7-5-6-8-10-15)13-21(4-2)14-16(17,18)19/h20H,3-14H2,1-2H3. The summed E-state index contributed by atoms with van der Waals surface area (Å²) in [6.45, 7) is 6.01. The molecule has 1 rings (SSSR count). The maximum Gasteiger partial charge on any atom is 0.401 e. The average molecular weight is 308 g/mol. The van der Waals surface area contributed by atoms with Crippen LogP contribution < -0.4 is 5.32 Å². The molecule has 0 aromatic carbocycles. The van der Waals surface area contributed by atoms with E-state index in [-0.39, 0.29) is 5.41 Å². The Balaban J connectivity index is 2.69. The number of hydrogen-bond donors (Lipinski definition) is 1. The van der Waals surface area contributed by atoms with E-state index < -0.39 is 12.7 Å². The fourth-order valence-electron chi connectivity index (χ4n) is 3.41. The van der Waals surface area contributed by atoms with Crippen molar-refractivity contribution in [2.45, 2.75) is 65.0 Å². The van der Waals surface area contributed by atoms with Gasteiger partial charge in [-0.25, -0.2) is 0 Å². The van der Waals surface area contributed by atoms with Crippen molar-refractivity contribution in [1.82, 2.24) is 10.2 Å². The molecule has 1 aliphatic rings. The van der Waals surface area contributed by atoms with Gasteiger partial charge in [0, 0.05) is 13.1 Å². The first kappa shape index (κ1) is 18.8. The SMILES string of the molecule is CCCNCC1(CN(CC)CC(F)(F)F)CCCCCC1. The Hall–Kier alpha value is -0.290. The summed E-state index contributed by atoms with van der Waals surface area (Å²) in [5.74, 6) is 0. The fraction of sp³-hybridized carbons (Fsp3) is 1.00. The molecule has 0 aromatic heterocycles. The molecule has 1 saturated carbocycles. The molecule has 126 valence electrons. The first-order chi connectivity index (χ1) is 9.91. The molecule has 0 saturated heterocycles. The van der Waals surface area contributed by atoms with Crippen molar-refractivity contribution in [2.24, 2.45) is 5.41 Å². The summed E-state index contributed by atoms with van der Waals surface area (Å²) in [5.41, 5.74) is 0.0208.